The van der Waals surface area contributed by atoms with Crippen molar-refractivity contribution >= 4 is 5.91 Å². The van der Waals surface area contributed by atoms with Gasteiger partial charge in [0.25, 0.3) is 5.91 Å². The van der Waals surface area contributed by atoms with Crippen LogP contribution >= 0.6 is 0 Å². The van der Waals surface area contributed by atoms with E-state index in [-0.39, 0.29) is 6.10 Å². The molecule has 0 unspecified atom stereocenters. The van der Waals surface area contributed by atoms with Crippen molar-refractivity contribution in [2.24, 2.45) is 23.2 Å². The van der Waals surface area contributed by atoms with Crippen LogP contribution in [0.1, 0.15) is 78.6 Å². The van der Waals surface area contributed by atoms with E-state index in [0.29, 0.717) is 23.2 Å². The summed E-state index contributed by atoms with van der Waals surface area (Å²) in [5.74, 6) is 1.26. The van der Waals surface area contributed by atoms with Crippen LogP contribution in [0.15, 0.2) is 47.1 Å². The van der Waals surface area contributed by atoms with E-state index in [0.717, 1.165) is 31.3 Å². The molecule has 166 valence electrons. The van der Waals surface area contributed by atoms with Gasteiger partial charge in [-0.05, 0) is 87.9 Å². The predicted octanol–water partition coefficient (Wildman–Crippen LogP) is 5.63. The number of aliphatic hydroxyl groups is 1. The van der Waals surface area contributed by atoms with Crippen molar-refractivity contribution in [2.45, 2.75) is 84.7 Å². The lowest BCUT2D eigenvalue weighted by Crippen LogP contribution is -2.35. The van der Waals surface area contributed by atoms with Crippen LogP contribution in [0.5, 0.6) is 0 Å². The molecule has 0 bridgehead atoms. The monoisotopic (exact) mass is 413 g/mol. The normalized spacial score (nSPS) is 36.3. The Hall–Kier alpha value is -1.65. The summed E-state index contributed by atoms with van der Waals surface area (Å²) >= 11 is 0. The minimum atomic E-state index is -0.495. The Kier molecular flexibility index (Phi) is 7.75. The number of amides is 1. The van der Waals surface area contributed by atoms with Crippen molar-refractivity contribution in [3.8, 4) is 0 Å². The van der Waals surface area contributed by atoms with Crippen LogP contribution in [0.2, 0.25) is 0 Å². The van der Waals surface area contributed by atoms with Crippen LogP contribution in [0, 0.1) is 23.2 Å². The smallest absolute Gasteiger partial charge is 0.267 e. The fourth-order valence-corrected chi connectivity index (χ4v) is 6.42. The van der Waals surface area contributed by atoms with Gasteiger partial charge in [0.1, 0.15) is 0 Å². The van der Waals surface area contributed by atoms with Crippen LogP contribution in [-0.4, -0.2) is 22.3 Å². The highest BCUT2D eigenvalue weighted by molar-refractivity contribution is 5.86. The molecule has 0 saturated heterocycles. The van der Waals surface area contributed by atoms with Gasteiger partial charge in [-0.1, -0.05) is 54.9 Å². The zero-order valence-electron chi connectivity index (χ0n) is 18.9. The molecule has 0 aromatic rings. The highest BCUT2D eigenvalue weighted by Crippen LogP contribution is 2.59. The number of rotatable bonds is 5. The quantitative estimate of drug-likeness (QED) is 0.237. The van der Waals surface area contributed by atoms with Crippen molar-refractivity contribution in [3.05, 3.63) is 47.1 Å². The van der Waals surface area contributed by atoms with Gasteiger partial charge < -0.3 is 5.11 Å². The van der Waals surface area contributed by atoms with Crippen LogP contribution in [0.3, 0.4) is 0 Å². The third-order valence-electron chi connectivity index (χ3n) is 7.87. The number of hydrogen-bond donors (Lipinski definition) is 3. The molecule has 0 radical (unpaired) electrons. The minimum Gasteiger partial charge on any atom is -0.393 e. The van der Waals surface area contributed by atoms with Gasteiger partial charge in [-0.3, -0.25) is 10.0 Å². The molecule has 4 heteroatoms. The standard InChI is InChI=1S/C26H39NO3/c1-18(9-14-25(29)27-30)16-19(2)23-12-13-24-21(7-5-15-26(23,24)3)11-10-20-6-4-8-22(28)17-20/h9-11,14,16,19,22-24,28,30H,4-8,12-13,15,17H2,1-3H3,(H,27,29)/b14-9+,18-16+,20-10-,21-11+/t19-,22+,23-,24+,26-/m1/s1. The Balaban J connectivity index is 1.72. The molecule has 0 aliphatic heterocycles. The zero-order valence-corrected chi connectivity index (χ0v) is 18.9. The van der Waals surface area contributed by atoms with Crippen LogP contribution < -0.4 is 5.48 Å². The van der Waals surface area contributed by atoms with Gasteiger partial charge in [-0.2, -0.15) is 0 Å². The maximum atomic E-state index is 11.2. The van der Waals surface area contributed by atoms with Crippen LogP contribution in [0.4, 0.5) is 0 Å². The van der Waals surface area contributed by atoms with Crippen molar-refractivity contribution in [1.82, 2.24) is 5.48 Å². The molecule has 1 amide bonds. The number of allylic oxidation sites excluding steroid dienone is 6. The first kappa shape index (κ1) is 23.0. The average molecular weight is 414 g/mol. The molecule has 0 heterocycles. The van der Waals surface area contributed by atoms with E-state index < -0.39 is 5.91 Å². The first-order valence-electron chi connectivity index (χ1n) is 11.7. The second-order valence-corrected chi connectivity index (χ2v) is 9.99. The third kappa shape index (κ3) is 5.33. The molecule has 30 heavy (non-hydrogen) atoms. The summed E-state index contributed by atoms with van der Waals surface area (Å²) in [6.07, 6.45) is 20.3. The maximum absolute atomic E-state index is 11.2. The average Bonchev–Trinajstić information content (AvgIpc) is 3.08. The van der Waals surface area contributed by atoms with E-state index in [1.807, 2.05) is 6.92 Å². The maximum Gasteiger partial charge on any atom is 0.267 e. The number of hydrogen-bond acceptors (Lipinski definition) is 3. The van der Waals surface area contributed by atoms with E-state index in [1.165, 1.54) is 43.8 Å². The molecule has 0 aromatic carbocycles. The van der Waals surface area contributed by atoms with Gasteiger partial charge in [0, 0.05) is 6.08 Å². The largest absolute Gasteiger partial charge is 0.393 e. The summed E-state index contributed by atoms with van der Waals surface area (Å²) in [7, 11) is 0. The topological polar surface area (TPSA) is 69.6 Å². The van der Waals surface area contributed by atoms with Crippen LogP contribution in [0.25, 0.3) is 0 Å². The Morgan fingerprint density at radius 3 is 2.70 bits per heavy atom. The Morgan fingerprint density at radius 2 is 1.97 bits per heavy atom. The number of carbonyl (C=O) groups excluding carboxylic acids is 1. The molecule has 0 aromatic heterocycles. The molecule has 3 saturated carbocycles. The lowest BCUT2D eigenvalue weighted by Gasteiger charge is -2.44. The summed E-state index contributed by atoms with van der Waals surface area (Å²) in [4.78, 5) is 11.2. The number of aliphatic hydroxyl groups excluding tert-OH is 1. The van der Waals surface area contributed by atoms with Crippen molar-refractivity contribution in [1.29, 1.82) is 0 Å². The summed E-state index contributed by atoms with van der Waals surface area (Å²) in [5.41, 5.74) is 6.06. The van der Waals surface area contributed by atoms with E-state index in [1.54, 1.807) is 17.1 Å². The number of hydroxylamine groups is 1. The lowest BCUT2D eigenvalue weighted by atomic mass is 9.61. The Bertz CT molecular complexity index is 747. The second kappa shape index (κ2) is 10.1. The van der Waals surface area contributed by atoms with E-state index in [4.69, 9.17) is 5.21 Å². The first-order chi connectivity index (χ1) is 14.3. The summed E-state index contributed by atoms with van der Waals surface area (Å²) < 4.78 is 0. The molecule has 3 aliphatic rings. The van der Waals surface area contributed by atoms with Gasteiger partial charge >= 0.3 is 0 Å². The molecule has 5 atom stereocenters. The van der Waals surface area contributed by atoms with Gasteiger partial charge in [-0.25, -0.2) is 5.48 Å². The molecule has 3 N–H and O–H groups in total. The first-order valence-corrected chi connectivity index (χ1v) is 11.7. The van der Waals surface area contributed by atoms with E-state index in [9.17, 15) is 9.90 Å². The van der Waals surface area contributed by atoms with Crippen LogP contribution in [-0.2, 0) is 4.79 Å². The van der Waals surface area contributed by atoms with E-state index in [2.05, 4.69) is 32.1 Å². The molecular weight excluding hydrogens is 374 g/mol. The summed E-state index contributed by atoms with van der Waals surface area (Å²) in [6.45, 7) is 6.82. The van der Waals surface area contributed by atoms with Crippen molar-refractivity contribution in [2.75, 3.05) is 0 Å². The third-order valence-corrected chi connectivity index (χ3v) is 7.87. The molecule has 3 rings (SSSR count). The SMILES string of the molecule is CC(/C=C/C(=O)NO)=C\[C@@H](C)[C@H]1CC[C@H]2/C(=C/C=C3/CCC[C@H](O)C3)CCC[C@]12C. The Morgan fingerprint density at radius 1 is 1.17 bits per heavy atom. The van der Waals surface area contributed by atoms with Gasteiger partial charge in [-0.15, -0.1) is 0 Å². The number of fused-ring (bicyclic) bond motifs is 1. The molecular formula is C26H39NO3. The van der Waals surface area contributed by atoms with Crippen molar-refractivity contribution < 1.29 is 15.1 Å². The number of nitrogens with one attached hydrogen (secondary N) is 1. The molecule has 3 aliphatic carbocycles. The number of carbonyl (C=O) groups is 1. The second-order valence-electron chi connectivity index (χ2n) is 9.99. The lowest BCUT2D eigenvalue weighted by molar-refractivity contribution is -0.124. The molecule has 4 nitrogen and oxygen atoms in total. The molecule has 0 spiro atoms. The zero-order chi connectivity index (χ0) is 21.7. The van der Waals surface area contributed by atoms with Gasteiger partial charge in [0.2, 0.25) is 0 Å². The van der Waals surface area contributed by atoms with Crippen molar-refractivity contribution in [3.63, 3.8) is 0 Å². The fraction of sp³-hybridized carbons (Fsp3) is 0.654. The predicted molar refractivity (Wildman–Crippen MR) is 121 cm³/mol. The summed E-state index contributed by atoms with van der Waals surface area (Å²) in [5, 5.41) is 18.6. The molecule has 3 fully saturated rings. The fourth-order valence-electron chi connectivity index (χ4n) is 6.42. The highest BCUT2D eigenvalue weighted by atomic mass is 16.5. The van der Waals surface area contributed by atoms with E-state index >= 15 is 0 Å². The summed E-state index contributed by atoms with van der Waals surface area (Å²) in [6, 6.07) is 0. The Labute approximate surface area is 181 Å². The van der Waals surface area contributed by atoms with Gasteiger partial charge in [0.15, 0.2) is 0 Å². The van der Waals surface area contributed by atoms with Gasteiger partial charge in [0.05, 0.1) is 6.10 Å². The minimum absolute atomic E-state index is 0.149. The highest BCUT2D eigenvalue weighted by Gasteiger charge is 2.50.